The molecule has 0 spiro atoms. The highest BCUT2D eigenvalue weighted by molar-refractivity contribution is 5.92. The first-order valence-corrected chi connectivity index (χ1v) is 6.63. The van der Waals surface area contributed by atoms with Crippen molar-refractivity contribution in [3.63, 3.8) is 0 Å². The Morgan fingerprint density at radius 3 is 2.52 bits per heavy atom. The topological polar surface area (TPSA) is 71.5 Å². The Balaban J connectivity index is 1.89. The van der Waals surface area contributed by atoms with Gasteiger partial charge in [0.15, 0.2) is 6.61 Å². The lowest BCUT2D eigenvalue weighted by atomic mass is 10.1. The van der Waals surface area contributed by atoms with Crippen LogP contribution >= 0.6 is 0 Å². The van der Waals surface area contributed by atoms with E-state index in [2.05, 4.69) is 10.3 Å². The lowest BCUT2D eigenvalue weighted by Crippen LogP contribution is -2.20. The minimum absolute atomic E-state index is 0.0901. The molecule has 2 aromatic rings. The smallest absolute Gasteiger partial charge is 0.262 e. The Morgan fingerprint density at radius 2 is 1.95 bits per heavy atom. The second-order valence-electron chi connectivity index (χ2n) is 4.86. The summed E-state index contributed by atoms with van der Waals surface area (Å²) in [5.41, 5.74) is 3.50. The summed E-state index contributed by atoms with van der Waals surface area (Å²) < 4.78 is 5.34. The SMILES string of the molecule is Cc1cc(C)cc(NC(=O)COc2ccc(CO)nc2)c1. The van der Waals surface area contributed by atoms with Crippen LogP contribution in [0.3, 0.4) is 0 Å². The molecule has 1 aromatic heterocycles. The molecule has 21 heavy (non-hydrogen) atoms. The van der Waals surface area contributed by atoms with Crippen LogP contribution in [0.5, 0.6) is 5.75 Å². The second kappa shape index (κ2) is 6.85. The van der Waals surface area contributed by atoms with Crippen LogP contribution < -0.4 is 10.1 Å². The van der Waals surface area contributed by atoms with Gasteiger partial charge in [-0.3, -0.25) is 9.78 Å². The second-order valence-corrected chi connectivity index (χ2v) is 4.86. The molecule has 0 saturated carbocycles. The van der Waals surface area contributed by atoms with Gasteiger partial charge in [-0.15, -0.1) is 0 Å². The molecule has 0 saturated heterocycles. The Hall–Kier alpha value is -2.40. The van der Waals surface area contributed by atoms with Crippen LogP contribution in [0.1, 0.15) is 16.8 Å². The molecule has 5 heteroatoms. The van der Waals surface area contributed by atoms with Gasteiger partial charge in [0.1, 0.15) is 5.75 Å². The van der Waals surface area contributed by atoms with E-state index in [1.54, 1.807) is 12.1 Å². The van der Waals surface area contributed by atoms with Crippen molar-refractivity contribution in [2.75, 3.05) is 11.9 Å². The first-order valence-electron chi connectivity index (χ1n) is 6.63. The molecule has 0 bridgehead atoms. The Kier molecular flexibility index (Phi) is 4.90. The maximum absolute atomic E-state index is 11.8. The van der Waals surface area contributed by atoms with Gasteiger partial charge in [-0.25, -0.2) is 0 Å². The number of aliphatic hydroxyl groups excluding tert-OH is 1. The van der Waals surface area contributed by atoms with E-state index in [1.165, 1.54) is 6.20 Å². The molecule has 0 aliphatic carbocycles. The maximum atomic E-state index is 11.8. The fourth-order valence-corrected chi connectivity index (χ4v) is 1.98. The molecule has 0 radical (unpaired) electrons. The summed E-state index contributed by atoms with van der Waals surface area (Å²) in [6.07, 6.45) is 1.48. The predicted molar refractivity (Wildman–Crippen MR) is 80.2 cm³/mol. The molecule has 2 N–H and O–H groups in total. The lowest BCUT2D eigenvalue weighted by molar-refractivity contribution is -0.118. The van der Waals surface area contributed by atoms with Crippen molar-refractivity contribution < 1.29 is 14.6 Å². The van der Waals surface area contributed by atoms with Crippen LogP contribution in [0, 0.1) is 13.8 Å². The third-order valence-electron chi connectivity index (χ3n) is 2.83. The van der Waals surface area contributed by atoms with Crippen LogP contribution in [0.4, 0.5) is 5.69 Å². The molecule has 0 unspecified atom stereocenters. The zero-order valence-corrected chi connectivity index (χ0v) is 12.1. The Bertz CT molecular complexity index is 604. The molecule has 1 aromatic carbocycles. The molecule has 2 rings (SSSR count). The van der Waals surface area contributed by atoms with Gasteiger partial charge in [0, 0.05) is 5.69 Å². The number of rotatable bonds is 5. The molecular formula is C16H18N2O3. The molecule has 1 heterocycles. The number of aliphatic hydroxyl groups is 1. The van der Waals surface area contributed by atoms with Gasteiger partial charge in [-0.2, -0.15) is 0 Å². The van der Waals surface area contributed by atoms with Crippen molar-refractivity contribution in [1.82, 2.24) is 4.98 Å². The van der Waals surface area contributed by atoms with Gasteiger partial charge >= 0.3 is 0 Å². The minimum Gasteiger partial charge on any atom is -0.482 e. The van der Waals surface area contributed by atoms with Crippen molar-refractivity contribution in [3.05, 3.63) is 53.3 Å². The lowest BCUT2D eigenvalue weighted by Gasteiger charge is -2.09. The van der Waals surface area contributed by atoms with Crippen LogP contribution in [0.15, 0.2) is 36.5 Å². The van der Waals surface area contributed by atoms with Gasteiger partial charge in [0.05, 0.1) is 18.5 Å². The molecule has 0 aliphatic heterocycles. The average molecular weight is 286 g/mol. The van der Waals surface area contributed by atoms with Crippen molar-refractivity contribution >= 4 is 11.6 Å². The quantitative estimate of drug-likeness (QED) is 0.884. The van der Waals surface area contributed by atoms with Crippen molar-refractivity contribution in [2.45, 2.75) is 20.5 Å². The fourth-order valence-electron chi connectivity index (χ4n) is 1.98. The average Bonchev–Trinajstić information content (AvgIpc) is 2.44. The summed E-state index contributed by atoms with van der Waals surface area (Å²) in [5.74, 6) is 0.258. The van der Waals surface area contributed by atoms with Crippen LogP contribution in [-0.2, 0) is 11.4 Å². The van der Waals surface area contributed by atoms with E-state index in [9.17, 15) is 4.79 Å². The number of carbonyl (C=O) groups excluding carboxylic acids is 1. The number of hydrogen-bond donors (Lipinski definition) is 2. The highest BCUT2D eigenvalue weighted by atomic mass is 16.5. The standard InChI is InChI=1S/C16H18N2O3/c1-11-5-12(2)7-14(6-11)18-16(20)10-21-15-4-3-13(9-19)17-8-15/h3-8,19H,9-10H2,1-2H3,(H,18,20). The van der Waals surface area contributed by atoms with Gasteiger partial charge in [0.2, 0.25) is 0 Å². The van der Waals surface area contributed by atoms with E-state index >= 15 is 0 Å². The van der Waals surface area contributed by atoms with Gasteiger partial charge in [0.25, 0.3) is 5.91 Å². The molecular weight excluding hydrogens is 268 g/mol. The first kappa shape index (κ1) is 15.0. The number of aryl methyl sites for hydroxylation is 2. The van der Waals surface area contributed by atoms with Crippen molar-refractivity contribution in [2.24, 2.45) is 0 Å². The Morgan fingerprint density at radius 1 is 1.24 bits per heavy atom. The van der Waals surface area contributed by atoms with Crippen LogP contribution in [0.25, 0.3) is 0 Å². The third kappa shape index (κ3) is 4.57. The van der Waals surface area contributed by atoms with E-state index in [0.29, 0.717) is 11.4 Å². The zero-order chi connectivity index (χ0) is 15.2. The summed E-state index contributed by atoms with van der Waals surface area (Å²) in [7, 11) is 0. The van der Waals surface area contributed by atoms with E-state index in [4.69, 9.17) is 9.84 Å². The van der Waals surface area contributed by atoms with Crippen molar-refractivity contribution in [3.8, 4) is 5.75 Å². The highest BCUT2D eigenvalue weighted by Crippen LogP contribution is 2.14. The number of ether oxygens (including phenoxy) is 1. The summed E-state index contributed by atoms with van der Waals surface area (Å²) in [6.45, 7) is 3.75. The molecule has 0 fully saturated rings. The molecule has 0 atom stereocenters. The maximum Gasteiger partial charge on any atom is 0.262 e. The number of carbonyl (C=O) groups is 1. The number of pyridine rings is 1. The largest absolute Gasteiger partial charge is 0.482 e. The molecule has 110 valence electrons. The summed E-state index contributed by atoms with van der Waals surface area (Å²) in [4.78, 5) is 15.8. The number of aromatic nitrogens is 1. The fraction of sp³-hybridized carbons (Fsp3) is 0.250. The first-order chi connectivity index (χ1) is 10.1. The van der Waals surface area contributed by atoms with Crippen molar-refractivity contribution in [1.29, 1.82) is 0 Å². The van der Waals surface area contributed by atoms with Gasteiger partial charge in [-0.1, -0.05) is 6.07 Å². The summed E-state index contributed by atoms with van der Waals surface area (Å²) in [5, 5.41) is 11.7. The van der Waals surface area contributed by atoms with E-state index in [1.807, 2.05) is 32.0 Å². The molecule has 0 aliphatic rings. The van der Waals surface area contributed by atoms with Crippen LogP contribution in [0.2, 0.25) is 0 Å². The van der Waals surface area contributed by atoms with E-state index in [0.717, 1.165) is 16.8 Å². The number of nitrogens with one attached hydrogen (secondary N) is 1. The van der Waals surface area contributed by atoms with E-state index in [-0.39, 0.29) is 19.1 Å². The molecule has 1 amide bonds. The molecule has 5 nitrogen and oxygen atoms in total. The third-order valence-corrected chi connectivity index (χ3v) is 2.83. The normalized spacial score (nSPS) is 10.2. The number of nitrogens with zero attached hydrogens (tertiary/aromatic N) is 1. The minimum atomic E-state index is -0.230. The highest BCUT2D eigenvalue weighted by Gasteiger charge is 2.05. The van der Waals surface area contributed by atoms with Gasteiger partial charge in [-0.05, 0) is 49.2 Å². The number of hydrogen-bond acceptors (Lipinski definition) is 4. The van der Waals surface area contributed by atoms with Gasteiger partial charge < -0.3 is 15.2 Å². The predicted octanol–water partition coefficient (Wildman–Crippen LogP) is 2.21. The number of anilines is 1. The summed E-state index contributed by atoms with van der Waals surface area (Å²) >= 11 is 0. The van der Waals surface area contributed by atoms with E-state index < -0.39 is 0 Å². The Labute approximate surface area is 123 Å². The zero-order valence-electron chi connectivity index (χ0n) is 12.1. The number of amides is 1. The van der Waals surface area contributed by atoms with Crippen LogP contribution in [-0.4, -0.2) is 22.6 Å². The monoisotopic (exact) mass is 286 g/mol. The summed E-state index contributed by atoms with van der Waals surface area (Å²) in [6, 6.07) is 9.17. The number of benzene rings is 1.